The van der Waals surface area contributed by atoms with Crippen molar-refractivity contribution in [1.29, 1.82) is 0 Å². The van der Waals surface area contributed by atoms with E-state index in [1.165, 1.54) is 27.2 Å². The van der Waals surface area contributed by atoms with E-state index in [0.717, 1.165) is 0 Å². The van der Waals surface area contributed by atoms with E-state index < -0.39 is 17.9 Å². The number of carbonyl (C=O) groups is 2. The standard InChI is InChI=1S/C12H14BrNO5/c1-6(12(16)17)14-11(15)8-4-7(18-2)5-9(13)10(8)19-3/h4-6H,1-3H3,(H,14,15)(H,16,17). The summed E-state index contributed by atoms with van der Waals surface area (Å²) in [5, 5.41) is 11.1. The van der Waals surface area contributed by atoms with E-state index in [-0.39, 0.29) is 5.56 Å². The summed E-state index contributed by atoms with van der Waals surface area (Å²) in [7, 11) is 2.89. The molecule has 0 spiro atoms. The van der Waals surface area contributed by atoms with Gasteiger partial charge in [0.15, 0.2) is 0 Å². The van der Waals surface area contributed by atoms with Gasteiger partial charge in [0.25, 0.3) is 5.91 Å². The summed E-state index contributed by atoms with van der Waals surface area (Å²) in [6, 6.07) is 2.13. The van der Waals surface area contributed by atoms with Gasteiger partial charge in [0, 0.05) is 0 Å². The van der Waals surface area contributed by atoms with Crippen molar-refractivity contribution in [3.8, 4) is 11.5 Å². The van der Waals surface area contributed by atoms with Gasteiger partial charge in [0.2, 0.25) is 0 Å². The second-order valence-electron chi connectivity index (χ2n) is 3.72. The summed E-state index contributed by atoms with van der Waals surface area (Å²) < 4.78 is 10.7. The van der Waals surface area contributed by atoms with E-state index in [1.807, 2.05) is 0 Å². The van der Waals surface area contributed by atoms with Crippen molar-refractivity contribution in [3.05, 3.63) is 22.2 Å². The van der Waals surface area contributed by atoms with Crippen LogP contribution in [0.25, 0.3) is 0 Å². The smallest absolute Gasteiger partial charge is 0.325 e. The van der Waals surface area contributed by atoms with E-state index in [4.69, 9.17) is 14.6 Å². The number of halogens is 1. The molecule has 19 heavy (non-hydrogen) atoms. The van der Waals surface area contributed by atoms with Crippen LogP contribution in [0.5, 0.6) is 11.5 Å². The third-order valence-electron chi connectivity index (χ3n) is 2.42. The molecule has 0 aliphatic carbocycles. The highest BCUT2D eigenvalue weighted by Crippen LogP contribution is 2.33. The minimum absolute atomic E-state index is 0.196. The van der Waals surface area contributed by atoms with Crippen LogP contribution in [-0.2, 0) is 4.79 Å². The number of carbonyl (C=O) groups excluding carboxylic acids is 1. The number of ether oxygens (including phenoxy) is 2. The van der Waals surface area contributed by atoms with Gasteiger partial charge in [0.05, 0.1) is 24.3 Å². The highest BCUT2D eigenvalue weighted by atomic mass is 79.9. The highest BCUT2D eigenvalue weighted by Gasteiger charge is 2.21. The van der Waals surface area contributed by atoms with Crippen LogP contribution in [0.2, 0.25) is 0 Å². The molecule has 0 aliphatic heterocycles. The lowest BCUT2D eigenvalue weighted by molar-refractivity contribution is -0.138. The minimum atomic E-state index is -1.12. The monoisotopic (exact) mass is 331 g/mol. The van der Waals surface area contributed by atoms with Crippen molar-refractivity contribution in [2.24, 2.45) is 0 Å². The molecule has 2 N–H and O–H groups in total. The summed E-state index contributed by atoms with van der Waals surface area (Å²) in [5.74, 6) is -0.891. The lowest BCUT2D eigenvalue weighted by Crippen LogP contribution is -2.38. The maximum atomic E-state index is 12.0. The molecule has 1 rings (SSSR count). The van der Waals surface area contributed by atoms with Gasteiger partial charge in [-0.3, -0.25) is 9.59 Å². The van der Waals surface area contributed by atoms with E-state index >= 15 is 0 Å². The zero-order valence-electron chi connectivity index (χ0n) is 10.7. The molecule has 104 valence electrons. The topological polar surface area (TPSA) is 84.9 Å². The predicted octanol–water partition coefficient (Wildman–Crippen LogP) is 1.67. The molecule has 0 aromatic heterocycles. The zero-order valence-corrected chi connectivity index (χ0v) is 12.3. The first kappa shape index (κ1) is 15.3. The third-order valence-corrected chi connectivity index (χ3v) is 3.01. The number of benzene rings is 1. The fraction of sp³-hybridized carbons (Fsp3) is 0.333. The van der Waals surface area contributed by atoms with Crippen LogP contribution in [0, 0.1) is 0 Å². The number of aliphatic carboxylic acids is 1. The Morgan fingerprint density at radius 1 is 1.32 bits per heavy atom. The average molecular weight is 332 g/mol. The summed E-state index contributed by atoms with van der Waals surface area (Å²) in [5.41, 5.74) is 0.196. The summed E-state index contributed by atoms with van der Waals surface area (Å²) in [4.78, 5) is 22.8. The van der Waals surface area contributed by atoms with Crippen LogP contribution in [-0.4, -0.2) is 37.2 Å². The zero-order chi connectivity index (χ0) is 14.6. The normalized spacial score (nSPS) is 11.6. The Bertz CT molecular complexity index is 503. The summed E-state index contributed by atoms with van der Waals surface area (Å²) in [6.07, 6.45) is 0. The van der Waals surface area contributed by atoms with Gasteiger partial charge in [-0.1, -0.05) is 0 Å². The molecule has 7 heteroatoms. The number of rotatable bonds is 5. The minimum Gasteiger partial charge on any atom is -0.497 e. The van der Waals surface area contributed by atoms with Crippen LogP contribution < -0.4 is 14.8 Å². The molecule has 0 fully saturated rings. The first-order valence-electron chi connectivity index (χ1n) is 5.35. The van der Waals surface area contributed by atoms with E-state index in [2.05, 4.69) is 21.2 Å². The Morgan fingerprint density at radius 3 is 2.42 bits per heavy atom. The van der Waals surface area contributed by atoms with Crippen LogP contribution >= 0.6 is 15.9 Å². The van der Waals surface area contributed by atoms with Crippen molar-refractivity contribution < 1.29 is 24.2 Å². The molecule has 1 amide bonds. The van der Waals surface area contributed by atoms with Gasteiger partial charge in [-0.25, -0.2) is 0 Å². The second kappa shape index (κ2) is 6.42. The van der Waals surface area contributed by atoms with Gasteiger partial charge in [-0.05, 0) is 35.0 Å². The Balaban J connectivity index is 3.13. The maximum Gasteiger partial charge on any atom is 0.325 e. The number of methoxy groups -OCH3 is 2. The highest BCUT2D eigenvalue weighted by molar-refractivity contribution is 9.10. The second-order valence-corrected chi connectivity index (χ2v) is 4.58. The number of carboxylic acids is 1. The SMILES string of the molecule is COc1cc(Br)c(OC)c(C(=O)NC(C)C(=O)O)c1. The largest absolute Gasteiger partial charge is 0.497 e. The number of nitrogens with one attached hydrogen (secondary N) is 1. The first-order valence-corrected chi connectivity index (χ1v) is 6.15. The van der Waals surface area contributed by atoms with Crippen LogP contribution in [0.1, 0.15) is 17.3 Å². The quantitative estimate of drug-likeness (QED) is 0.857. The van der Waals surface area contributed by atoms with Gasteiger partial charge in [-0.15, -0.1) is 0 Å². The molecule has 1 aromatic carbocycles. The predicted molar refractivity (Wildman–Crippen MR) is 71.8 cm³/mol. The fourth-order valence-electron chi connectivity index (χ4n) is 1.40. The lowest BCUT2D eigenvalue weighted by atomic mass is 10.1. The fourth-order valence-corrected chi connectivity index (χ4v) is 2.00. The van der Waals surface area contributed by atoms with E-state index in [9.17, 15) is 9.59 Å². The third kappa shape index (κ3) is 3.60. The van der Waals surface area contributed by atoms with Crippen molar-refractivity contribution in [1.82, 2.24) is 5.32 Å². The Labute approximate surface area is 118 Å². The Kier molecular flexibility index (Phi) is 5.17. The maximum absolute atomic E-state index is 12.0. The van der Waals surface area contributed by atoms with Gasteiger partial charge < -0.3 is 19.9 Å². The molecule has 1 aromatic rings. The van der Waals surface area contributed by atoms with Crippen LogP contribution in [0.3, 0.4) is 0 Å². The van der Waals surface area contributed by atoms with E-state index in [0.29, 0.717) is 16.0 Å². The lowest BCUT2D eigenvalue weighted by Gasteiger charge is -2.14. The molecule has 1 atom stereocenters. The number of carboxylic acid groups (broad SMARTS) is 1. The molecular weight excluding hydrogens is 318 g/mol. The first-order chi connectivity index (χ1) is 8.90. The molecule has 0 saturated heterocycles. The van der Waals surface area contributed by atoms with E-state index in [1.54, 1.807) is 6.07 Å². The molecule has 0 radical (unpaired) electrons. The number of hydrogen-bond acceptors (Lipinski definition) is 4. The van der Waals surface area contributed by atoms with Gasteiger partial charge in [0.1, 0.15) is 17.5 Å². The summed E-state index contributed by atoms with van der Waals surface area (Å²) in [6.45, 7) is 1.38. The van der Waals surface area contributed by atoms with Crippen molar-refractivity contribution in [2.75, 3.05) is 14.2 Å². The molecule has 6 nitrogen and oxygen atoms in total. The molecule has 0 aliphatic rings. The Hall–Kier alpha value is -1.76. The number of hydrogen-bond donors (Lipinski definition) is 2. The number of amides is 1. The van der Waals surface area contributed by atoms with Crippen molar-refractivity contribution >= 4 is 27.8 Å². The molecular formula is C12H14BrNO5. The molecule has 0 saturated carbocycles. The Morgan fingerprint density at radius 2 is 1.95 bits per heavy atom. The van der Waals surface area contributed by atoms with Crippen molar-refractivity contribution in [3.63, 3.8) is 0 Å². The van der Waals surface area contributed by atoms with Gasteiger partial charge >= 0.3 is 5.97 Å². The molecule has 0 bridgehead atoms. The van der Waals surface area contributed by atoms with Crippen LogP contribution in [0.15, 0.2) is 16.6 Å². The van der Waals surface area contributed by atoms with Crippen molar-refractivity contribution in [2.45, 2.75) is 13.0 Å². The molecule has 1 unspecified atom stereocenters. The average Bonchev–Trinajstić information content (AvgIpc) is 2.37. The summed E-state index contributed by atoms with van der Waals surface area (Å²) >= 11 is 3.26. The molecule has 0 heterocycles. The van der Waals surface area contributed by atoms with Gasteiger partial charge in [-0.2, -0.15) is 0 Å². The van der Waals surface area contributed by atoms with Crippen LogP contribution in [0.4, 0.5) is 0 Å².